The first-order valence-electron chi connectivity index (χ1n) is 6.49. The third kappa shape index (κ3) is 5.02. The van der Waals surface area contributed by atoms with E-state index in [1.54, 1.807) is 24.5 Å². The van der Waals surface area contributed by atoms with Gasteiger partial charge in [-0.2, -0.15) is 0 Å². The van der Waals surface area contributed by atoms with E-state index in [1.165, 1.54) is 6.20 Å². The predicted molar refractivity (Wildman–Crippen MR) is 76.8 cm³/mol. The topological polar surface area (TPSA) is 92.2 Å². The lowest BCUT2D eigenvalue weighted by Gasteiger charge is -2.05. The lowest BCUT2D eigenvalue weighted by molar-refractivity contribution is -0.136. The summed E-state index contributed by atoms with van der Waals surface area (Å²) in [6, 6.07) is 6.99. The highest BCUT2D eigenvalue weighted by Gasteiger charge is 2.05. The van der Waals surface area contributed by atoms with Crippen LogP contribution in [0.4, 0.5) is 5.69 Å². The van der Waals surface area contributed by atoms with E-state index >= 15 is 0 Å². The Morgan fingerprint density at radius 3 is 2.67 bits per heavy atom. The number of aromatic nitrogens is 2. The Kier molecular flexibility index (Phi) is 4.98. The number of rotatable bonds is 6. The number of carbonyl (C=O) groups is 2. The number of hydrogen-bond acceptors (Lipinski definition) is 4. The van der Waals surface area contributed by atoms with Crippen LogP contribution < -0.4 is 5.32 Å². The molecule has 0 saturated carbocycles. The van der Waals surface area contributed by atoms with Gasteiger partial charge in [0.05, 0.1) is 24.0 Å². The number of pyridine rings is 2. The normalized spacial score (nSPS) is 10.1. The molecule has 0 unspecified atom stereocenters. The Hall–Kier alpha value is -2.76. The van der Waals surface area contributed by atoms with Crippen molar-refractivity contribution in [1.29, 1.82) is 0 Å². The van der Waals surface area contributed by atoms with Gasteiger partial charge in [-0.1, -0.05) is 6.07 Å². The molecule has 0 aliphatic rings. The Morgan fingerprint density at radius 2 is 2.05 bits per heavy atom. The monoisotopic (exact) mass is 285 g/mol. The van der Waals surface area contributed by atoms with Crippen LogP contribution in [0.1, 0.15) is 17.7 Å². The summed E-state index contributed by atoms with van der Waals surface area (Å²) in [6.45, 7) is 0. The molecular weight excluding hydrogens is 270 g/mol. The number of nitrogens with one attached hydrogen (secondary N) is 1. The van der Waals surface area contributed by atoms with Crippen LogP contribution in [0.15, 0.2) is 42.9 Å². The minimum atomic E-state index is -0.934. The molecule has 1 amide bonds. The van der Waals surface area contributed by atoms with E-state index in [-0.39, 0.29) is 12.3 Å². The number of aliphatic carboxylic acids is 1. The van der Waals surface area contributed by atoms with Crippen molar-refractivity contribution in [2.45, 2.75) is 19.3 Å². The van der Waals surface area contributed by atoms with Gasteiger partial charge in [0.2, 0.25) is 5.91 Å². The second-order valence-electron chi connectivity index (χ2n) is 4.52. The van der Waals surface area contributed by atoms with Crippen molar-refractivity contribution < 1.29 is 14.7 Å². The molecule has 0 fully saturated rings. The van der Waals surface area contributed by atoms with Gasteiger partial charge in [-0.15, -0.1) is 0 Å². The summed E-state index contributed by atoms with van der Waals surface area (Å²) >= 11 is 0. The smallest absolute Gasteiger partial charge is 0.309 e. The summed E-state index contributed by atoms with van der Waals surface area (Å²) in [6.07, 6.45) is 5.71. The predicted octanol–water partition coefficient (Wildman–Crippen LogP) is 1.68. The number of nitrogens with zero attached hydrogens (tertiary/aromatic N) is 2. The molecule has 0 aliphatic carbocycles. The molecule has 0 atom stereocenters. The first-order chi connectivity index (χ1) is 10.1. The van der Waals surface area contributed by atoms with Gasteiger partial charge in [0, 0.05) is 18.8 Å². The molecular formula is C15H15N3O3. The van der Waals surface area contributed by atoms with Crippen LogP contribution in [0.2, 0.25) is 0 Å². The van der Waals surface area contributed by atoms with Crippen molar-refractivity contribution in [3.63, 3.8) is 0 Å². The van der Waals surface area contributed by atoms with E-state index < -0.39 is 5.97 Å². The molecule has 2 N–H and O–H groups in total. The van der Waals surface area contributed by atoms with Gasteiger partial charge >= 0.3 is 5.97 Å². The number of aryl methyl sites for hydroxylation is 1. The molecule has 0 aromatic carbocycles. The van der Waals surface area contributed by atoms with Crippen molar-refractivity contribution >= 4 is 17.6 Å². The minimum absolute atomic E-state index is 0.119. The van der Waals surface area contributed by atoms with E-state index in [9.17, 15) is 9.59 Å². The number of anilines is 1. The number of amides is 1. The summed E-state index contributed by atoms with van der Waals surface area (Å²) in [7, 11) is 0. The summed E-state index contributed by atoms with van der Waals surface area (Å²) in [4.78, 5) is 30.3. The van der Waals surface area contributed by atoms with E-state index in [0.717, 1.165) is 5.56 Å². The summed E-state index contributed by atoms with van der Waals surface area (Å²) in [5.74, 6) is -1.05. The summed E-state index contributed by atoms with van der Waals surface area (Å²) < 4.78 is 0. The fourth-order valence-electron chi connectivity index (χ4n) is 1.79. The molecule has 108 valence electrons. The van der Waals surface area contributed by atoms with Crippen LogP contribution in [0.3, 0.4) is 0 Å². The van der Waals surface area contributed by atoms with Gasteiger partial charge in [0.1, 0.15) is 0 Å². The average Bonchev–Trinajstić information content (AvgIpc) is 2.48. The zero-order chi connectivity index (χ0) is 15.1. The fraction of sp³-hybridized carbons (Fsp3) is 0.200. The van der Waals surface area contributed by atoms with Crippen molar-refractivity contribution in [3.8, 4) is 0 Å². The maximum Gasteiger partial charge on any atom is 0.309 e. The van der Waals surface area contributed by atoms with Crippen molar-refractivity contribution in [2.24, 2.45) is 0 Å². The minimum Gasteiger partial charge on any atom is -0.481 e. The van der Waals surface area contributed by atoms with E-state index in [1.807, 2.05) is 12.1 Å². The van der Waals surface area contributed by atoms with Crippen LogP contribution in [0, 0.1) is 0 Å². The third-order valence-electron chi connectivity index (χ3n) is 2.80. The number of carboxylic acids is 1. The number of hydrogen-bond donors (Lipinski definition) is 2. The molecule has 21 heavy (non-hydrogen) atoms. The molecule has 0 saturated heterocycles. The fourth-order valence-corrected chi connectivity index (χ4v) is 1.79. The van der Waals surface area contributed by atoms with Crippen LogP contribution in [0.5, 0.6) is 0 Å². The SMILES string of the molecule is O=C(O)Cc1ccc(NC(=O)CCc2cccnc2)cn1. The molecule has 0 bridgehead atoms. The van der Waals surface area contributed by atoms with Crippen molar-refractivity contribution in [3.05, 3.63) is 54.1 Å². The standard InChI is InChI=1S/C15H15N3O3/c19-14(6-3-11-2-1-7-16-9-11)18-13-5-4-12(17-10-13)8-15(20)21/h1-2,4-5,7,9-10H,3,6,8H2,(H,18,19)(H,20,21). The van der Waals surface area contributed by atoms with Crippen LogP contribution in [-0.4, -0.2) is 27.0 Å². The molecule has 2 heterocycles. The van der Waals surface area contributed by atoms with Crippen LogP contribution in [-0.2, 0) is 22.4 Å². The van der Waals surface area contributed by atoms with Gasteiger partial charge in [-0.05, 0) is 30.2 Å². The second kappa shape index (κ2) is 7.14. The lowest BCUT2D eigenvalue weighted by atomic mass is 10.1. The quantitative estimate of drug-likeness (QED) is 0.842. The molecule has 0 aliphatic heterocycles. The highest BCUT2D eigenvalue weighted by molar-refractivity contribution is 5.90. The number of carbonyl (C=O) groups excluding carboxylic acids is 1. The average molecular weight is 285 g/mol. The highest BCUT2D eigenvalue weighted by atomic mass is 16.4. The summed E-state index contributed by atoms with van der Waals surface area (Å²) in [5.41, 5.74) is 2.01. The first-order valence-corrected chi connectivity index (χ1v) is 6.49. The maximum atomic E-state index is 11.8. The van der Waals surface area contributed by atoms with Crippen molar-refractivity contribution in [1.82, 2.24) is 9.97 Å². The largest absolute Gasteiger partial charge is 0.481 e. The lowest BCUT2D eigenvalue weighted by Crippen LogP contribution is -2.13. The molecule has 0 spiro atoms. The maximum absolute atomic E-state index is 11.8. The third-order valence-corrected chi connectivity index (χ3v) is 2.80. The van der Waals surface area contributed by atoms with Gasteiger partial charge in [-0.3, -0.25) is 19.6 Å². The Morgan fingerprint density at radius 1 is 1.19 bits per heavy atom. The highest BCUT2D eigenvalue weighted by Crippen LogP contribution is 2.08. The Labute approximate surface area is 121 Å². The second-order valence-corrected chi connectivity index (χ2v) is 4.52. The molecule has 6 heteroatoms. The van der Waals surface area contributed by atoms with Gasteiger partial charge in [0.15, 0.2) is 0 Å². The Balaban J connectivity index is 1.83. The molecule has 2 rings (SSSR count). The van der Waals surface area contributed by atoms with Gasteiger partial charge in [0.25, 0.3) is 0 Å². The molecule has 6 nitrogen and oxygen atoms in total. The summed E-state index contributed by atoms with van der Waals surface area (Å²) in [5, 5.41) is 11.4. The molecule has 0 radical (unpaired) electrons. The first kappa shape index (κ1) is 14.6. The number of carboxylic acid groups (broad SMARTS) is 1. The molecule has 2 aromatic heterocycles. The van der Waals surface area contributed by atoms with Gasteiger partial charge in [-0.25, -0.2) is 0 Å². The van der Waals surface area contributed by atoms with E-state index in [2.05, 4.69) is 15.3 Å². The zero-order valence-electron chi connectivity index (χ0n) is 11.3. The Bertz CT molecular complexity index is 612. The van der Waals surface area contributed by atoms with Crippen LogP contribution >= 0.6 is 0 Å². The van der Waals surface area contributed by atoms with E-state index in [0.29, 0.717) is 24.2 Å². The zero-order valence-corrected chi connectivity index (χ0v) is 11.3. The van der Waals surface area contributed by atoms with Crippen LogP contribution in [0.25, 0.3) is 0 Å². The molecule has 2 aromatic rings. The van der Waals surface area contributed by atoms with E-state index in [4.69, 9.17) is 5.11 Å². The van der Waals surface area contributed by atoms with Gasteiger partial charge < -0.3 is 10.4 Å². The van der Waals surface area contributed by atoms with Crippen molar-refractivity contribution in [2.75, 3.05) is 5.32 Å².